The molecule has 0 unspecified atom stereocenters. The van der Waals surface area contributed by atoms with Crippen molar-refractivity contribution in [1.82, 2.24) is 19.4 Å². The average Bonchev–Trinajstić information content (AvgIpc) is 3.04. The maximum Gasteiger partial charge on any atom is 0.410 e. The Morgan fingerprint density at radius 3 is 2.19 bits per heavy atom. The van der Waals surface area contributed by atoms with E-state index in [0.29, 0.717) is 36.5 Å². The summed E-state index contributed by atoms with van der Waals surface area (Å²) in [6.45, 7) is 11.4. The fourth-order valence-electron chi connectivity index (χ4n) is 3.53. The molecule has 1 aliphatic rings. The Balaban J connectivity index is 1.71. The monoisotopic (exact) mass is 508 g/mol. The van der Waals surface area contributed by atoms with E-state index in [1.54, 1.807) is 21.9 Å². The summed E-state index contributed by atoms with van der Waals surface area (Å²) in [7, 11) is 0. The lowest BCUT2D eigenvalue weighted by Crippen LogP contribution is -2.52. The van der Waals surface area contributed by atoms with Crippen LogP contribution in [0, 0.1) is 5.82 Å². The summed E-state index contributed by atoms with van der Waals surface area (Å²) >= 11 is 3.60. The summed E-state index contributed by atoms with van der Waals surface area (Å²) < 4.78 is 21.3. The molecule has 0 N–H and O–H groups in total. The van der Waals surface area contributed by atoms with Gasteiger partial charge in [-0.3, -0.25) is 4.79 Å². The number of carbonyl (C=O) groups is 2. The molecule has 0 spiro atoms. The van der Waals surface area contributed by atoms with E-state index in [2.05, 4.69) is 15.9 Å². The molecule has 0 bridgehead atoms. The topological polar surface area (TPSA) is 67.7 Å². The van der Waals surface area contributed by atoms with Crippen molar-refractivity contribution >= 4 is 27.9 Å². The number of benzene rings is 1. The highest BCUT2D eigenvalue weighted by Crippen LogP contribution is 2.31. The summed E-state index contributed by atoms with van der Waals surface area (Å²) in [5.74, 6) is 0.517. The number of hydrogen-bond donors (Lipinski definition) is 0. The zero-order valence-electron chi connectivity index (χ0n) is 19.2. The van der Waals surface area contributed by atoms with E-state index < -0.39 is 5.60 Å². The lowest BCUT2D eigenvalue weighted by molar-refractivity contribution is -0.133. The number of nitrogens with zero attached hydrogens (tertiary/aromatic N) is 4. The van der Waals surface area contributed by atoms with E-state index in [-0.39, 0.29) is 30.3 Å². The van der Waals surface area contributed by atoms with Crippen LogP contribution in [0.5, 0.6) is 0 Å². The number of rotatable bonds is 4. The number of imidazole rings is 1. The molecule has 9 heteroatoms. The molecule has 2 heterocycles. The minimum atomic E-state index is -0.548. The Morgan fingerprint density at radius 1 is 1.09 bits per heavy atom. The number of halogens is 2. The van der Waals surface area contributed by atoms with Crippen LogP contribution >= 0.6 is 15.9 Å². The van der Waals surface area contributed by atoms with Crippen LogP contribution in [-0.4, -0.2) is 63.1 Å². The molecule has 1 saturated heterocycles. The van der Waals surface area contributed by atoms with Gasteiger partial charge in [0.25, 0.3) is 0 Å². The van der Waals surface area contributed by atoms with Gasteiger partial charge < -0.3 is 19.1 Å². The summed E-state index contributed by atoms with van der Waals surface area (Å²) in [5, 5.41) is 0. The molecule has 7 nitrogen and oxygen atoms in total. The van der Waals surface area contributed by atoms with Gasteiger partial charge in [-0.1, -0.05) is 13.8 Å². The maximum atomic E-state index is 13.3. The van der Waals surface area contributed by atoms with E-state index in [1.165, 1.54) is 12.1 Å². The van der Waals surface area contributed by atoms with Gasteiger partial charge in [0, 0.05) is 37.7 Å². The van der Waals surface area contributed by atoms with Crippen molar-refractivity contribution in [2.45, 2.75) is 52.7 Å². The van der Waals surface area contributed by atoms with E-state index in [1.807, 2.05) is 39.2 Å². The fourth-order valence-corrected chi connectivity index (χ4v) is 4.16. The highest BCUT2D eigenvalue weighted by Gasteiger charge is 2.29. The van der Waals surface area contributed by atoms with Gasteiger partial charge in [0.15, 0.2) is 0 Å². The van der Waals surface area contributed by atoms with Gasteiger partial charge in [0.05, 0.1) is 0 Å². The summed E-state index contributed by atoms with van der Waals surface area (Å²) in [6.07, 6.45) is -0.354. The molecule has 0 atom stereocenters. The van der Waals surface area contributed by atoms with E-state index in [9.17, 15) is 14.0 Å². The van der Waals surface area contributed by atoms with E-state index in [0.717, 1.165) is 11.4 Å². The Morgan fingerprint density at radius 2 is 1.66 bits per heavy atom. The number of ether oxygens (including phenoxy) is 1. The molecule has 1 aliphatic heterocycles. The number of carbonyl (C=O) groups excluding carboxylic acids is 2. The van der Waals surface area contributed by atoms with Gasteiger partial charge >= 0.3 is 6.09 Å². The van der Waals surface area contributed by atoms with Crippen LogP contribution in [0.4, 0.5) is 9.18 Å². The molecule has 174 valence electrons. The predicted molar refractivity (Wildman–Crippen MR) is 124 cm³/mol. The van der Waals surface area contributed by atoms with Crippen LogP contribution in [0.25, 0.3) is 11.3 Å². The first-order chi connectivity index (χ1) is 15.0. The van der Waals surface area contributed by atoms with Crippen molar-refractivity contribution in [2.75, 3.05) is 26.2 Å². The maximum absolute atomic E-state index is 13.3. The van der Waals surface area contributed by atoms with E-state index >= 15 is 0 Å². The summed E-state index contributed by atoms with van der Waals surface area (Å²) in [4.78, 5) is 33.4. The number of amides is 2. The van der Waals surface area contributed by atoms with Crippen LogP contribution in [-0.2, 0) is 16.1 Å². The Labute approximate surface area is 196 Å². The van der Waals surface area contributed by atoms with Gasteiger partial charge in [-0.25, -0.2) is 14.2 Å². The van der Waals surface area contributed by atoms with Gasteiger partial charge in [0.2, 0.25) is 5.91 Å². The first-order valence-electron chi connectivity index (χ1n) is 10.7. The third kappa shape index (κ3) is 5.68. The lowest BCUT2D eigenvalue weighted by atomic mass is 10.2. The molecular weight excluding hydrogens is 479 g/mol. The molecule has 2 amide bonds. The highest BCUT2D eigenvalue weighted by molar-refractivity contribution is 9.10. The van der Waals surface area contributed by atoms with Crippen molar-refractivity contribution in [3.63, 3.8) is 0 Å². The van der Waals surface area contributed by atoms with Gasteiger partial charge in [0.1, 0.15) is 34.1 Å². The first kappa shape index (κ1) is 24.2. The lowest BCUT2D eigenvalue weighted by Gasteiger charge is -2.35. The van der Waals surface area contributed by atoms with Gasteiger partial charge in [-0.15, -0.1) is 0 Å². The van der Waals surface area contributed by atoms with Crippen molar-refractivity contribution in [3.05, 3.63) is 40.5 Å². The SMILES string of the molecule is CC(C)c1nc(-c2ccc(F)cc2)c(Br)n1CC(=O)N1CCN(C(=O)OC(C)(C)C)CC1. The number of aromatic nitrogens is 2. The molecule has 1 fully saturated rings. The molecule has 0 aliphatic carbocycles. The van der Waals surface area contributed by atoms with Gasteiger partial charge in [-0.2, -0.15) is 0 Å². The minimum Gasteiger partial charge on any atom is -0.444 e. The zero-order valence-corrected chi connectivity index (χ0v) is 20.8. The van der Waals surface area contributed by atoms with Gasteiger partial charge in [-0.05, 0) is 61.0 Å². The summed E-state index contributed by atoms with van der Waals surface area (Å²) in [5.41, 5.74) is 0.904. The fraction of sp³-hybridized carbons (Fsp3) is 0.522. The Hall–Kier alpha value is -2.42. The standard InChI is InChI=1S/C23H30BrFN4O3/c1-15(2)21-26-19(16-6-8-17(25)9-7-16)20(24)29(21)14-18(30)27-10-12-28(13-11-27)22(31)32-23(3,4)5/h6-9,15H,10-14H2,1-5H3. The summed E-state index contributed by atoms with van der Waals surface area (Å²) in [6, 6.07) is 6.14. The van der Waals surface area contributed by atoms with Crippen LogP contribution in [0.1, 0.15) is 46.4 Å². The van der Waals surface area contributed by atoms with E-state index in [4.69, 9.17) is 9.72 Å². The van der Waals surface area contributed by atoms with Crippen LogP contribution in [0.15, 0.2) is 28.9 Å². The van der Waals surface area contributed by atoms with Crippen molar-refractivity contribution < 1.29 is 18.7 Å². The number of piperazine rings is 1. The third-order valence-corrected chi connectivity index (χ3v) is 5.95. The largest absolute Gasteiger partial charge is 0.444 e. The predicted octanol–water partition coefficient (Wildman–Crippen LogP) is 4.65. The first-order valence-corrected chi connectivity index (χ1v) is 11.5. The Bertz CT molecular complexity index is 974. The van der Waals surface area contributed by atoms with Crippen molar-refractivity contribution in [2.24, 2.45) is 0 Å². The second kappa shape index (κ2) is 9.60. The van der Waals surface area contributed by atoms with Crippen LogP contribution in [0.3, 0.4) is 0 Å². The molecule has 32 heavy (non-hydrogen) atoms. The van der Waals surface area contributed by atoms with Crippen LogP contribution < -0.4 is 0 Å². The quantitative estimate of drug-likeness (QED) is 0.602. The molecule has 0 saturated carbocycles. The minimum absolute atomic E-state index is 0.0421. The third-order valence-electron chi connectivity index (χ3n) is 5.15. The molecule has 2 aromatic rings. The average molecular weight is 509 g/mol. The highest BCUT2D eigenvalue weighted by atomic mass is 79.9. The molecular formula is C23H30BrFN4O3. The second-order valence-corrected chi connectivity index (χ2v) is 9.96. The second-order valence-electron chi connectivity index (χ2n) is 9.21. The Kier molecular flexibility index (Phi) is 7.27. The number of hydrogen-bond acceptors (Lipinski definition) is 4. The molecule has 1 aromatic carbocycles. The van der Waals surface area contributed by atoms with Crippen molar-refractivity contribution in [3.8, 4) is 11.3 Å². The molecule has 1 aromatic heterocycles. The normalized spacial score (nSPS) is 14.8. The molecule has 3 rings (SSSR count). The van der Waals surface area contributed by atoms with Crippen molar-refractivity contribution in [1.29, 1.82) is 0 Å². The van der Waals surface area contributed by atoms with Crippen LogP contribution in [0.2, 0.25) is 0 Å². The molecule has 0 radical (unpaired) electrons. The zero-order chi connectivity index (χ0) is 23.6. The smallest absolute Gasteiger partial charge is 0.410 e.